The second kappa shape index (κ2) is 6.90. The fourth-order valence-corrected chi connectivity index (χ4v) is 4.68. The van der Waals surface area contributed by atoms with Gasteiger partial charge in [-0.25, -0.2) is 8.42 Å². The Kier molecular flexibility index (Phi) is 5.41. The Hall–Kier alpha value is -0.910. The Labute approximate surface area is 128 Å². The molecule has 1 aliphatic rings. The highest BCUT2D eigenvalue weighted by atomic mass is 32.2. The van der Waals surface area contributed by atoms with E-state index in [1.807, 2.05) is 27.0 Å². The van der Waals surface area contributed by atoms with Crippen LogP contribution in [0.25, 0.3) is 0 Å². The molecule has 2 rings (SSSR count). The van der Waals surface area contributed by atoms with Crippen LogP contribution >= 0.6 is 0 Å². The summed E-state index contributed by atoms with van der Waals surface area (Å²) in [6, 6.07) is 5.55. The Morgan fingerprint density at radius 2 is 1.71 bits per heavy atom. The molecule has 1 fully saturated rings. The van der Waals surface area contributed by atoms with Crippen LogP contribution in [0.1, 0.15) is 30.4 Å². The molecule has 21 heavy (non-hydrogen) atoms. The van der Waals surface area contributed by atoms with Gasteiger partial charge in [-0.05, 0) is 75.9 Å². The number of rotatable bonds is 5. The van der Waals surface area contributed by atoms with E-state index < -0.39 is 10.0 Å². The van der Waals surface area contributed by atoms with E-state index in [2.05, 4.69) is 5.32 Å². The van der Waals surface area contributed by atoms with E-state index in [4.69, 9.17) is 0 Å². The zero-order valence-electron chi connectivity index (χ0n) is 13.2. The predicted molar refractivity (Wildman–Crippen MR) is 85.9 cm³/mol. The second-order valence-electron chi connectivity index (χ2n) is 6.06. The monoisotopic (exact) mass is 310 g/mol. The molecule has 1 N–H and O–H groups in total. The van der Waals surface area contributed by atoms with E-state index >= 15 is 0 Å². The summed E-state index contributed by atoms with van der Waals surface area (Å²) < 4.78 is 27.1. The first-order valence-corrected chi connectivity index (χ1v) is 9.10. The average molecular weight is 310 g/mol. The van der Waals surface area contributed by atoms with Gasteiger partial charge in [0.25, 0.3) is 0 Å². The van der Waals surface area contributed by atoms with Gasteiger partial charge in [-0.15, -0.1) is 0 Å². The molecule has 1 aromatic rings. The fraction of sp³-hybridized carbons (Fsp3) is 0.625. The first-order valence-electron chi connectivity index (χ1n) is 7.66. The number of hydrogen-bond acceptors (Lipinski definition) is 3. The van der Waals surface area contributed by atoms with Crippen LogP contribution in [0.3, 0.4) is 0 Å². The minimum atomic E-state index is -3.33. The van der Waals surface area contributed by atoms with Crippen molar-refractivity contribution in [3.05, 3.63) is 29.3 Å². The Balaban J connectivity index is 2.07. The lowest BCUT2D eigenvalue weighted by atomic mass is 9.95. The number of benzene rings is 1. The Morgan fingerprint density at radius 3 is 2.24 bits per heavy atom. The van der Waals surface area contributed by atoms with E-state index in [1.54, 1.807) is 16.4 Å². The molecule has 1 heterocycles. The molecule has 5 heteroatoms. The molecule has 0 radical (unpaired) electrons. The largest absolute Gasteiger partial charge is 0.320 e. The quantitative estimate of drug-likeness (QED) is 0.908. The smallest absolute Gasteiger partial charge is 0.243 e. The molecule has 1 saturated heterocycles. The summed E-state index contributed by atoms with van der Waals surface area (Å²) >= 11 is 0. The van der Waals surface area contributed by atoms with Gasteiger partial charge in [0, 0.05) is 13.1 Å². The van der Waals surface area contributed by atoms with Crippen molar-refractivity contribution in [2.75, 3.05) is 26.7 Å². The Bertz CT molecular complexity index is 556. The van der Waals surface area contributed by atoms with Gasteiger partial charge in [0.1, 0.15) is 0 Å². The van der Waals surface area contributed by atoms with Crippen LogP contribution in [0.4, 0.5) is 0 Å². The molecule has 0 aromatic heterocycles. The van der Waals surface area contributed by atoms with Crippen LogP contribution in [-0.2, 0) is 10.0 Å². The molecule has 118 valence electrons. The molecular weight excluding hydrogens is 284 g/mol. The topological polar surface area (TPSA) is 49.4 Å². The molecule has 4 nitrogen and oxygen atoms in total. The maximum atomic E-state index is 12.7. The molecule has 1 aromatic carbocycles. The van der Waals surface area contributed by atoms with Crippen molar-refractivity contribution < 1.29 is 8.42 Å². The highest BCUT2D eigenvalue weighted by molar-refractivity contribution is 7.89. The molecule has 0 aliphatic carbocycles. The van der Waals surface area contributed by atoms with Crippen LogP contribution in [-0.4, -0.2) is 39.4 Å². The maximum absolute atomic E-state index is 12.7. The second-order valence-corrected chi connectivity index (χ2v) is 8.00. The number of nitrogens with one attached hydrogen (secondary N) is 1. The number of sulfonamides is 1. The van der Waals surface area contributed by atoms with E-state index in [9.17, 15) is 8.42 Å². The van der Waals surface area contributed by atoms with Crippen LogP contribution in [0, 0.1) is 19.8 Å². The van der Waals surface area contributed by atoms with Gasteiger partial charge >= 0.3 is 0 Å². The molecular formula is C16H26N2O2S. The van der Waals surface area contributed by atoms with Crippen molar-refractivity contribution in [2.45, 2.75) is 38.0 Å². The van der Waals surface area contributed by atoms with Crippen molar-refractivity contribution in [3.8, 4) is 0 Å². The summed E-state index contributed by atoms with van der Waals surface area (Å²) in [6.07, 6.45) is 3.06. The number of piperidine rings is 1. The summed E-state index contributed by atoms with van der Waals surface area (Å²) in [4.78, 5) is 0.439. The third kappa shape index (κ3) is 4.05. The summed E-state index contributed by atoms with van der Waals surface area (Å²) in [5.74, 6) is 0.642. The van der Waals surface area contributed by atoms with Crippen molar-refractivity contribution in [1.82, 2.24) is 9.62 Å². The van der Waals surface area contributed by atoms with Crippen LogP contribution in [0.15, 0.2) is 23.1 Å². The molecule has 0 bridgehead atoms. The minimum Gasteiger partial charge on any atom is -0.320 e. The van der Waals surface area contributed by atoms with Gasteiger partial charge < -0.3 is 5.32 Å². The first-order chi connectivity index (χ1) is 9.93. The summed E-state index contributed by atoms with van der Waals surface area (Å²) in [5.41, 5.74) is 2.00. The maximum Gasteiger partial charge on any atom is 0.243 e. The normalized spacial score (nSPS) is 18.0. The molecule has 0 amide bonds. The molecule has 1 aliphatic heterocycles. The molecule has 0 saturated carbocycles. The lowest BCUT2D eigenvalue weighted by Crippen LogP contribution is -2.39. The van der Waals surface area contributed by atoms with Gasteiger partial charge in [-0.3, -0.25) is 0 Å². The van der Waals surface area contributed by atoms with E-state index in [-0.39, 0.29) is 0 Å². The zero-order valence-corrected chi connectivity index (χ0v) is 14.0. The van der Waals surface area contributed by atoms with E-state index in [1.165, 1.54) is 0 Å². The lowest BCUT2D eigenvalue weighted by molar-refractivity contribution is 0.263. The van der Waals surface area contributed by atoms with Crippen LogP contribution < -0.4 is 5.32 Å². The SMILES string of the molecule is CNCCC1CCN(S(=O)(=O)c2cc(C)cc(C)c2)CC1. The van der Waals surface area contributed by atoms with Crippen molar-refractivity contribution >= 4 is 10.0 Å². The number of aryl methyl sites for hydroxylation is 2. The number of nitrogens with zero attached hydrogens (tertiary/aromatic N) is 1. The van der Waals surface area contributed by atoms with Crippen molar-refractivity contribution in [2.24, 2.45) is 5.92 Å². The van der Waals surface area contributed by atoms with Crippen LogP contribution in [0.5, 0.6) is 0 Å². The zero-order chi connectivity index (χ0) is 15.5. The van der Waals surface area contributed by atoms with Crippen molar-refractivity contribution in [3.63, 3.8) is 0 Å². The van der Waals surface area contributed by atoms with Crippen LogP contribution in [0.2, 0.25) is 0 Å². The fourth-order valence-electron chi connectivity index (χ4n) is 3.02. The lowest BCUT2D eigenvalue weighted by Gasteiger charge is -2.31. The van der Waals surface area contributed by atoms with Gasteiger partial charge in [0.15, 0.2) is 0 Å². The molecule has 0 spiro atoms. The Morgan fingerprint density at radius 1 is 1.14 bits per heavy atom. The van der Waals surface area contributed by atoms with Gasteiger partial charge in [-0.2, -0.15) is 4.31 Å². The average Bonchev–Trinajstić information content (AvgIpc) is 2.44. The third-order valence-electron chi connectivity index (χ3n) is 4.21. The molecule has 0 atom stereocenters. The summed E-state index contributed by atoms with van der Waals surface area (Å²) in [6.45, 7) is 6.17. The highest BCUT2D eigenvalue weighted by Crippen LogP contribution is 2.26. The summed E-state index contributed by atoms with van der Waals surface area (Å²) in [7, 11) is -1.38. The van der Waals surface area contributed by atoms with Gasteiger partial charge in [0.05, 0.1) is 4.90 Å². The highest BCUT2D eigenvalue weighted by Gasteiger charge is 2.29. The first kappa shape index (κ1) is 16.5. The van der Waals surface area contributed by atoms with E-state index in [0.29, 0.717) is 23.9 Å². The van der Waals surface area contributed by atoms with E-state index in [0.717, 1.165) is 36.9 Å². The number of hydrogen-bond donors (Lipinski definition) is 1. The van der Waals surface area contributed by atoms with Gasteiger partial charge in [0.2, 0.25) is 10.0 Å². The summed E-state index contributed by atoms with van der Waals surface area (Å²) in [5, 5.41) is 3.16. The van der Waals surface area contributed by atoms with Gasteiger partial charge in [-0.1, -0.05) is 6.07 Å². The predicted octanol–water partition coefficient (Wildman–Crippen LogP) is 2.31. The van der Waals surface area contributed by atoms with Crippen molar-refractivity contribution in [1.29, 1.82) is 0 Å². The molecule has 0 unspecified atom stereocenters. The minimum absolute atomic E-state index is 0.439. The third-order valence-corrected chi connectivity index (χ3v) is 6.09. The standard InChI is InChI=1S/C16H26N2O2S/c1-13-10-14(2)12-16(11-13)21(19,20)18-8-5-15(6-9-18)4-7-17-3/h10-12,15,17H,4-9H2,1-3H3.